The van der Waals surface area contributed by atoms with E-state index < -0.39 is 5.60 Å². The van der Waals surface area contributed by atoms with Crippen LogP contribution >= 0.6 is 11.3 Å². The number of hydrogen-bond acceptors (Lipinski definition) is 3. The van der Waals surface area contributed by atoms with Crippen molar-refractivity contribution in [1.29, 1.82) is 0 Å². The zero-order chi connectivity index (χ0) is 11.8. The molecule has 0 aliphatic heterocycles. The molecule has 1 aromatic heterocycles. The second-order valence-electron chi connectivity index (χ2n) is 5.95. The Hall–Kier alpha value is -0.410. The Morgan fingerprint density at radius 3 is 2.44 bits per heavy atom. The monoisotopic (exact) mass is 239 g/mol. The first-order valence-corrected chi connectivity index (χ1v) is 6.90. The highest BCUT2D eigenvalue weighted by Crippen LogP contribution is 2.41. The van der Waals surface area contributed by atoms with Gasteiger partial charge in [-0.2, -0.15) is 0 Å². The van der Waals surface area contributed by atoms with Gasteiger partial charge in [-0.05, 0) is 38.0 Å². The van der Waals surface area contributed by atoms with E-state index in [9.17, 15) is 5.11 Å². The van der Waals surface area contributed by atoms with Crippen molar-refractivity contribution in [3.05, 3.63) is 16.1 Å². The molecule has 16 heavy (non-hydrogen) atoms. The lowest BCUT2D eigenvalue weighted by Gasteiger charge is -2.39. The molecule has 0 bridgehead atoms. The third kappa shape index (κ3) is 2.83. The van der Waals surface area contributed by atoms with Crippen LogP contribution in [-0.2, 0) is 6.42 Å². The lowest BCUT2D eigenvalue weighted by atomic mass is 9.70. The minimum Gasteiger partial charge on any atom is -0.389 e. The van der Waals surface area contributed by atoms with E-state index in [-0.39, 0.29) is 0 Å². The Kier molecular flexibility index (Phi) is 3.10. The van der Waals surface area contributed by atoms with Crippen LogP contribution in [-0.4, -0.2) is 15.7 Å². The van der Waals surface area contributed by atoms with Crippen LogP contribution < -0.4 is 0 Å². The van der Waals surface area contributed by atoms with Crippen LogP contribution in [0, 0.1) is 12.3 Å². The number of aliphatic hydroxyl groups is 1. The minimum atomic E-state index is -0.500. The number of hydrogen-bond donors (Lipinski definition) is 1. The van der Waals surface area contributed by atoms with Crippen LogP contribution in [0.3, 0.4) is 0 Å². The fourth-order valence-corrected chi connectivity index (χ4v) is 3.24. The molecule has 3 heteroatoms. The molecule has 2 nitrogen and oxygen atoms in total. The lowest BCUT2D eigenvalue weighted by Crippen LogP contribution is -2.38. The molecule has 0 amide bonds. The van der Waals surface area contributed by atoms with Crippen molar-refractivity contribution in [1.82, 2.24) is 4.98 Å². The lowest BCUT2D eigenvalue weighted by molar-refractivity contribution is -0.0251. The fourth-order valence-electron chi connectivity index (χ4n) is 2.33. The van der Waals surface area contributed by atoms with Gasteiger partial charge in [-0.3, -0.25) is 0 Å². The zero-order valence-electron chi connectivity index (χ0n) is 10.4. The fraction of sp³-hybridized carbons (Fsp3) is 0.769. The Morgan fingerprint density at radius 2 is 1.94 bits per heavy atom. The minimum absolute atomic E-state index is 0.408. The predicted molar refractivity (Wildman–Crippen MR) is 67.8 cm³/mol. The van der Waals surface area contributed by atoms with Crippen LogP contribution in [0.4, 0.5) is 0 Å². The summed E-state index contributed by atoms with van der Waals surface area (Å²) in [5.41, 5.74) is 0.977. The van der Waals surface area contributed by atoms with E-state index in [2.05, 4.69) is 24.2 Å². The Morgan fingerprint density at radius 1 is 1.31 bits per heavy atom. The summed E-state index contributed by atoms with van der Waals surface area (Å²) in [4.78, 5) is 4.44. The van der Waals surface area contributed by atoms with Crippen molar-refractivity contribution in [2.24, 2.45) is 5.41 Å². The molecular weight excluding hydrogens is 218 g/mol. The van der Waals surface area contributed by atoms with E-state index >= 15 is 0 Å². The van der Waals surface area contributed by atoms with E-state index in [1.165, 1.54) is 0 Å². The van der Waals surface area contributed by atoms with E-state index in [4.69, 9.17) is 0 Å². The number of thiazole rings is 1. The highest BCUT2D eigenvalue weighted by Gasteiger charge is 2.37. The molecule has 0 spiro atoms. The summed E-state index contributed by atoms with van der Waals surface area (Å²) in [6, 6.07) is 0. The van der Waals surface area contributed by atoms with Crippen LogP contribution in [0.5, 0.6) is 0 Å². The smallest absolute Gasteiger partial charge is 0.0956 e. The number of nitrogens with zero attached hydrogens (tertiary/aromatic N) is 1. The summed E-state index contributed by atoms with van der Waals surface area (Å²) in [5, 5.41) is 13.7. The van der Waals surface area contributed by atoms with Crippen molar-refractivity contribution >= 4 is 11.3 Å². The zero-order valence-corrected chi connectivity index (χ0v) is 11.2. The maximum atomic E-state index is 10.5. The Bertz CT molecular complexity index is 360. The van der Waals surface area contributed by atoms with E-state index in [1.807, 2.05) is 6.92 Å². The quantitative estimate of drug-likeness (QED) is 0.858. The summed E-state index contributed by atoms with van der Waals surface area (Å²) in [6.45, 7) is 6.59. The number of rotatable bonds is 2. The van der Waals surface area contributed by atoms with Gasteiger partial charge in [-0.25, -0.2) is 4.98 Å². The third-order valence-corrected chi connectivity index (χ3v) is 4.65. The summed E-state index contributed by atoms with van der Waals surface area (Å²) >= 11 is 1.67. The Labute approximate surface area is 102 Å². The summed E-state index contributed by atoms with van der Waals surface area (Å²) in [5.74, 6) is 0. The van der Waals surface area contributed by atoms with Crippen molar-refractivity contribution < 1.29 is 5.11 Å². The number of aryl methyl sites for hydroxylation is 1. The van der Waals surface area contributed by atoms with Crippen molar-refractivity contribution in [3.8, 4) is 0 Å². The standard InChI is InChI=1S/C13H21NOS/c1-10-9-16-11(14-10)8-13(15)6-4-12(2,3)5-7-13/h9,15H,4-8H2,1-3H3. The predicted octanol–water partition coefficient (Wildman–Crippen LogP) is 3.33. The van der Waals surface area contributed by atoms with Crippen molar-refractivity contribution in [2.45, 2.75) is 58.5 Å². The molecule has 0 saturated heterocycles. The summed E-state index contributed by atoms with van der Waals surface area (Å²) in [6.07, 6.45) is 4.81. The first kappa shape index (κ1) is 12.1. The molecule has 1 aliphatic rings. The average molecular weight is 239 g/mol. The van der Waals surface area contributed by atoms with Crippen LogP contribution in [0.25, 0.3) is 0 Å². The molecule has 1 aromatic rings. The second-order valence-corrected chi connectivity index (χ2v) is 6.89. The Balaban J connectivity index is 1.99. The average Bonchev–Trinajstić information content (AvgIpc) is 2.58. The molecule has 0 radical (unpaired) electrons. The molecule has 0 aromatic carbocycles. The molecule has 1 fully saturated rings. The van der Waals surface area contributed by atoms with Crippen molar-refractivity contribution in [2.75, 3.05) is 0 Å². The van der Waals surface area contributed by atoms with Gasteiger partial charge >= 0.3 is 0 Å². The maximum Gasteiger partial charge on any atom is 0.0956 e. The molecule has 1 saturated carbocycles. The molecule has 1 N–H and O–H groups in total. The molecule has 0 atom stereocenters. The largest absolute Gasteiger partial charge is 0.389 e. The van der Waals surface area contributed by atoms with E-state index in [0.29, 0.717) is 5.41 Å². The number of aromatic nitrogens is 1. The first-order valence-electron chi connectivity index (χ1n) is 6.02. The van der Waals surface area contributed by atoms with Gasteiger partial charge in [-0.15, -0.1) is 11.3 Å². The normalized spacial score (nSPS) is 23.2. The SMILES string of the molecule is Cc1csc(CC2(O)CCC(C)(C)CC2)n1. The van der Waals surface area contributed by atoms with E-state index in [1.54, 1.807) is 11.3 Å². The van der Waals surface area contributed by atoms with Crippen LogP contribution in [0.1, 0.15) is 50.2 Å². The van der Waals surface area contributed by atoms with Gasteiger partial charge in [0.15, 0.2) is 0 Å². The topological polar surface area (TPSA) is 33.1 Å². The highest BCUT2D eigenvalue weighted by atomic mass is 32.1. The molecule has 90 valence electrons. The molecular formula is C13H21NOS. The van der Waals surface area contributed by atoms with Gasteiger partial charge in [0.1, 0.15) is 0 Å². The van der Waals surface area contributed by atoms with Gasteiger partial charge in [0.25, 0.3) is 0 Å². The third-order valence-electron chi connectivity index (χ3n) is 3.68. The van der Waals surface area contributed by atoms with Gasteiger partial charge in [0.05, 0.1) is 10.6 Å². The first-order chi connectivity index (χ1) is 7.39. The van der Waals surface area contributed by atoms with Crippen LogP contribution in [0.15, 0.2) is 5.38 Å². The van der Waals surface area contributed by atoms with E-state index in [0.717, 1.165) is 42.8 Å². The summed E-state index contributed by atoms with van der Waals surface area (Å²) < 4.78 is 0. The van der Waals surface area contributed by atoms with Gasteiger partial charge in [-0.1, -0.05) is 13.8 Å². The van der Waals surface area contributed by atoms with Gasteiger partial charge in [0, 0.05) is 17.5 Å². The van der Waals surface area contributed by atoms with Gasteiger partial charge < -0.3 is 5.11 Å². The molecule has 1 aliphatic carbocycles. The molecule has 2 rings (SSSR count). The molecule has 1 heterocycles. The summed E-state index contributed by atoms with van der Waals surface area (Å²) in [7, 11) is 0. The van der Waals surface area contributed by atoms with Crippen molar-refractivity contribution in [3.63, 3.8) is 0 Å². The van der Waals surface area contributed by atoms with Crippen LogP contribution in [0.2, 0.25) is 0 Å². The highest BCUT2D eigenvalue weighted by molar-refractivity contribution is 7.09. The molecule has 0 unspecified atom stereocenters. The second kappa shape index (κ2) is 4.11. The van der Waals surface area contributed by atoms with Gasteiger partial charge in [0.2, 0.25) is 0 Å². The maximum absolute atomic E-state index is 10.5.